The van der Waals surface area contributed by atoms with Crippen LogP contribution < -0.4 is 0 Å². The van der Waals surface area contributed by atoms with Gasteiger partial charge in [-0.25, -0.2) is 0 Å². The zero-order valence-electron chi connectivity index (χ0n) is 11.1. The lowest BCUT2D eigenvalue weighted by atomic mass is 10.0. The maximum absolute atomic E-state index is 4.10. The van der Waals surface area contributed by atoms with Crippen molar-refractivity contribution in [3.63, 3.8) is 0 Å². The molecule has 0 spiro atoms. The van der Waals surface area contributed by atoms with Crippen molar-refractivity contribution in [3.8, 4) is 0 Å². The van der Waals surface area contributed by atoms with E-state index in [9.17, 15) is 0 Å². The van der Waals surface area contributed by atoms with Crippen LogP contribution >= 0.6 is 0 Å². The van der Waals surface area contributed by atoms with E-state index in [1.54, 1.807) is 18.5 Å². The lowest BCUT2D eigenvalue weighted by Crippen LogP contribution is -1.84. The number of aromatic nitrogens is 3. The number of rotatable bonds is 2. The highest BCUT2D eigenvalue weighted by molar-refractivity contribution is 5.77. The summed E-state index contributed by atoms with van der Waals surface area (Å²) in [6, 6.07) is 22.2. The molecule has 0 aliphatic heterocycles. The zero-order chi connectivity index (χ0) is 14.0. The smallest absolute Gasteiger partial charge is 0.0529 e. The first-order valence-corrected chi connectivity index (χ1v) is 6.26. The van der Waals surface area contributed by atoms with Crippen molar-refractivity contribution in [2.45, 2.75) is 0 Å². The van der Waals surface area contributed by atoms with Gasteiger partial charge >= 0.3 is 0 Å². The van der Waals surface area contributed by atoms with Gasteiger partial charge in [0.15, 0.2) is 0 Å². The van der Waals surface area contributed by atoms with Crippen molar-refractivity contribution in [2.75, 3.05) is 0 Å². The van der Waals surface area contributed by atoms with Crippen LogP contribution in [0.3, 0.4) is 0 Å². The third-order valence-electron chi connectivity index (χ3n) is 2.65. The minimum atomic E-state index is 1.08. The maximum atomic E-state index is 4.10. The number of hydrogen-bond acceptors (Lipinski definition) is 3. The molecule has 0 N–H and O–H groups in total. The van der Waals surface area contributed by atoms with Crippen molar-refractivity contribution in [1.82, 2.24) is 15.4 Å². The Morgan fingerprint density at radius 1 is 0.650 bits per heavy atom. The van der Waals surface area contributed by atoms with E-state index < -0.39 is 0 Å². The lowest BCUT2D eigenvalue weighted by molar-refractivity contribution is 0.865. The molecule has 1 aromatic heterocycles. The highest BCUT2D eigenvalue weighted by atomic mass is 15.3. The van der Waals surface area contributed by atoms with Gasteiger partial charge in [-0.2, -0.15) is 0 Å². The highest BCUT2D eigenvalue weighted by Gasteiger charge is 1.99. The molecule has 2 aromatic carbocycles. The molecule has 0 saturated carbocycles. The van der Waals surface area contributed by atoms with Crippen LogP contribution in [0.15, 0.2) is 85.7 Å². The number of nitrogens with zero attached hydrogens (tertiary/aromatic N) is 3. The normalized spacial score (nSPS) is 9.20. The summed E-state index contributed by atoms with van der Waals surface area (Å²) in [5.74, 6) is 0. The lowest BCUT2D eigenvalue weighted by Gasteiger charge is -2.04. The van der Waals surface area contributed by atoms with E-state index in [-0.39, 0.29) is 0 Å². The molecular weight excluding hydrogens is 246 g/mol. The van der Waals surface area contributed by atoms with E-state index in [4.69, 9.17) is 0 Å². The fourth-order valence-corrected chi connectivity index (χ4v) is 1.65. The quantitative estimate of drug-likeness (QED) is 0.707. The third kappa shape index (κ3) is 4.14. The van der Waals surface area contributed by atoms with Gasteiger partial charge in [0.1, 0.15) is 0 Å². The van der Waals surface area contributed by atoms with Gasteiger partial charge < -0.3 is 0 Å². The molecule has 0 unspecified atom stereocenters. The Morgan fingerprint density at radius 3 is 1.40 bits per heavy atom. The van der Waals surface area contributed by atoms with E-state index in [0.717, 1.165) is 5.57 Å². The van der Waals surface area contributed by atoms with Crippen LogP contribution in [0.4, 0.5) is 0 Å². The largest absolute Gasteiger partial charge is 0.139 e. The molecule has 0 amide bonds. The molecule has 0 radical (unpaired) electrons. The van der Waals surface area contributed by atoms with Gasteiger partial charge in [0.2, 0.25) is 0 Å². The second kappa shape index (κ2) is 7.59. The fraction of sp³-hybridized carbons (Fsp3) is 0. The molecule has 3 aromatic rings. The van der Waals surface area contributed by atoms with Crippen molar-refractivity contribution in [3.05, 3.63) is 96.8 Å². The predicted octanol–water partition coefficient (Wildman–Crippen LogP) is 3.62. The van der Waals surface area contributed by atoms with Crippen LogP contribution in [0.2, 0.25) is 0 Å². The highest BCUT2D eigenvalue weighted by Crippen LogP contribution is 2.20. The van der Waals surface area contributed by atoms with E-state index >= 15 is 0 Å². The number of hydrogen-bond donors (Lipinski definition) is 0. The summed E-state index contributed by atoms with van der Waals surface area (Å²) in [7, 11) is 0. The van der Waals surface area contributed by atoms with Crippen LogP contribution in [-0.2, 0) is 0 Å². The van der Waals surface area contributed by atoms with Gasteiger partial charge in [0, 0.05) is 0 Å². The molecule has 0 atom stereocenters. The average molecular weight is 261 g/mol. The van der Waals surface area contributed by atoms with Gasteiger partial charge in [-0.15, -0.1) is 10.2 Å². The Morgan fingerprint density at radius 2 is 1.10 bits per heavy atom. The van der Waals surface area contributed by atoms with Crippen LogP contribution in [0, 0.1) is 0 Å². The van der Waals surface area contributed by atoms with Gasteiger partial charge in [-0.05, 0) is 28.0 Å². The van der Waals surface area contributed by atoms with Crippen LogP contribution in [0.25, 0.3) is 5.57 Å². The minimum absolute atomic E-state index is 1.08. The first-order valence-electron chi connectivity index (χ1n) is 6.26. The topological polar surface area (TPSA) is 38.7 Å². The first kappa shape index (κ1) is 13.6. The van der Waals surface area contributed by atoms with Gasteiger partial charge in [-0.3, -0.25) is 0 Å². The minimum Gasteiger partial charge on any atom is -0.139 e. The van der Waals surface area contributed by atoms with E-state index in [0.29, 0.717) is 0 Å². The molecule has 0 aliphatic carbocycles. The molecule has 0 bridgehead atoms. The third-order valence-corrected chi connectivity index (χ3v) is 2.65. The Kier molecular flexibility index (Phi) is 5.17. The molecule has 3 rings (SSSR count). The summed E-state index contributed by atoms with van der Waals surface area (Å²) in [5.41, 5.74) is 3.43. The Bertz CT molecular complexity index is 554. The first-order chi connectivity index (χ1) is 9.88. The molecule has 20 heavy (non-hydrogen) atoms. The summed E-state index contributed by atoms with van der Waals surface area (Å²) in [4.78, 5) is 0. The molecule has 3 heteroatoms. The van der Waals surface area contributed by atoms with E-state index in [2.05, 4.69) is 46.3 Å². The molecule has 1 heterocycles. The summed E-state index contributed by atoms with van der Waals surface area (Å²) < 4.78 is 0. The van der Waals surface area contributed by atoms with Crippen LogP contribution in [-0.4, -0.2) is 15.4 Å². The van der Waals surface area contributed by atoms with E-state index in [1.807, 2.05) is 36.4 Å². The molecule has 3 nitrogen and oxygen atoms in total. The summed E-state index contributed by atoms with van der Waals surface area (Å²) in [6.45, 7) is 4.10. The van der Waals surface area contributed by atoms with Crippen molar-refractivity contribution in [2.24, 2.45) is 0 Å². The maximum Gasteiger partial charge on any atom is 0.0529 e. The molecular formula is C17H15N3. The summed E-state index contributed by atoms with van der Waals surface area (Å²) in [5, 5.41) is 10.1. The number of benzene rings is 2. The predicted molar refractivity (Wildman–Crippen MR) is 80.8 cm³/mol. The van der Waals surface area contributed by atoms with Crippen molar-refractivity contribution < 1.29 is 0 Å². The van der Waals surface area contributed by atoms with Crippen molar-refractivity contribution >= 4 is 5.57 Å². The summed E-state index contributed by atoms with van der Waals surface area (Å²) >= 11 is 0. The second-order valence-corrected chi connectivity index (χ2v) is 4.02. The Labute approximate surface area is 118 Å². The van der Waals surface area contributed by atoms with Crippen LogP contribution in [0.1, 0.15) is 11.1 Å². The van der Waals surface area contributed by atoms with Gasteiger partial charge in [-0.1, -0.05) is 67.2 Å². The Hall–Kier alpha value is -2.81. The second-order valence-electron chi connectivity index (χ2n) is 4.02. The van der Waals surface area contributed by atoms with Gasteiger partial charge in [0.05, 0.1) is 12.4 Å². The standard InChI is InChI=1S/C14H12.C3H3N3/c1-12(13-8-4-2-5-9-13)14-10-6-3-7-11-14;1-2-4-6-5-3-1/h2-11H,1H2;1-3H. The fourth-order valence-electron chi connectivity index (χ4n) is 1.65. The van der Waals surface area contributed by atoms with E-state index in [1.165, 1.54) is 11.1 Å². The van der Waals surface area contributed by atoms with Gasteiger partial charge in [0.25, 0.3) is 0 Å². The molecule has 0 saturated heterocycles. The monoisotopic (exact) mass is 261 g/mol. The van der Waals surface area contributed by atoms with Crippen molar-refractivity contribution in [1.29, 1.82) is 0 Å². The summed E-state index contributed by atoms with van der Waals surface area (Å²) in [6.07, 6.45) is 3.15. The zero-order valence-corrected chi connectivity index (χ0v) is 11.1. The molecule has 0 fully saturated rings. The average Bonchev–Trinajstić information content (AvgIpc) is 2.58. The molecule has 98 valence electrons. The SMILES string of the molecule is C=C(c1ccccc1)c1ccccc1.c1cnnnc1. The Balaban J connectivity index is 0.000000205. The van der Waals surface area contributed by atoms with Crippen LogP contribution in [0.5, 0.6) is 0 Å². The molecule has 0 aliphatic rings.